The van der Waals surface area contributed by atoms with Gasteiger partial charge in [0.25, 0.3) is 11.6 Å². The van der Waals surface area contributed by atoms with Gasteiger partial charge in [0.1, 0.15) is 0 Å². The Bertz CT molecular complexity index is 2070. The molecule has 0 radical (unpaired) electrons. The number of hydrogen-bond donors (Lipinski definition) is 2. The highest BCUT2D eigenvalue weighted by molar-refractivity contribution is 8.00. The van der Waals surface area contributed by atoms with E-state index in [1.165, 1.54) is 45.8 Å². The van der Waals surface area contributed by atoms with E-state index in [1.54, 1.807) is 9.03 Å². The number of rotatable bonds is 16. The summed E-state index contributed by atoms with van der Waals surface area (Å²) >= 11 is 2.61. The van der Waals surface area contributed by atoms with Crippen molar-refractivity contribution in [3.8, 4) is 0 Å². The van der Waals surface area contributed by atoms with E-state index in [0.29, 0.717) is 35.0 Å². The molecule has 0 aliphatic carbocycles. The third-order valence-corrected chi connectivity index (χ3v) is 10.9. The standard InChI is InChI=1S/C39H46N10O2S2/c1-24-10-14-30(15-11-24)20-32-26(3)42-36-44-38(46-48(36)28(32)5)52-22-34(50)40-18-8-7-9-19-41-35(51)23-53-39-45-37-43-27(4)33(29(6)49(37)47-39)21-31-16-12-25(2)13-17-31/h10-17H,7-9,18-23H2,1-6H3,(H,40,50)(H,41,51). The van der Waals surface area contributed by atoms with Crippen LogP contribution >= 0.6 is 23.5 Å². The van der Waals surface area contributed by atoms with Gasteiger partial charge in [0.05, 0.1) is 11.5 Å². The minimum absolute atomic E-state index is 0.0660. The summed E-state index contributed by atoms with van der Waals surface area (Å²) in [5.41, 5.74) is 11.0. The fraction of sp³-hybridized carbons (Fsp3) is 0.385. The van der Waals surface area contributed by atoms with Crippen LogP contribution in [0.1, 0.15) is 75.4 Å². The molecule has 14 heteroatoms. The first-order chi connectivity index (χ1) is 25.5. The first kappa shape index (κ1) is 37.9. The largest absolute Gasteiger partial charge is 0.355 e. The van der Waals surface area contributed by atoms with Crippen molar-refractivity contribution < 1.29 is 9.59 Å². The molecular weight excluding hydrogens is 705 g/mol. The van der Waals surface area contributed by atoms with Crippen molar-refractivity contribution in [2.24, 2.45) is 0 Å². The Morgan fingerprint density at radius 1 is 0.566 bits per heavy atom. The monoisotopic (exact) mass is 750 g/mol. The van der Waals surface area contributed by atoms with Gasteiger partial charge in [0.15, 0.2) is 0 Å². The van der Waals surface area contributed by atoms with Crippen molar-refractivity contribution in [2.75, 3.05) is 24.6 Å². The van der Waals surface area contributed by atoms with Gasteiger partial charge in [-0.3, -0.25) is 9.59 Å². The van der Waals surface area contributed by atoms with Crippen LogP contribution in [0.25, 0.3) is 11.6 Å². The Hall–Kier alpha value is -4.82. The van der Waals surface area contributed by atoms with Crippen molar-refractivity contribution in [3.05, 3.63) is 105 Å². The summed E-state index contributed by atoms with van der Waals surface area (Å²) in [6, 6.07) is 17.0. The van der Waals surface area contributed by atoms with Crippen LogP contribution in [0, 0.1) is 41.5 Å². The molecule has 6 rings (SSSR count). The zero-order valence-corrected chi connectivity index (χ0v) is 32.8. The molecule has 0 unspecified atom stereocenters. The highest BCUT2D eigenvalue weighted by Crippen LogP contribution is 2.22. The third kappa shape index (κ3) is 9.79. The van der Waals surface area contributed by atoms with Crippen LogP contribution in [0.4, 0.5) is 0 Å². The van der Waals surface area contributed by atoms with Crippen molar-refractivity contribution in [3.63, 3.8) is 0 Å². The minimum Gasteiger partial charge on any atom is -0.355 e. The van der Waals surface area contributed by atoms with Gasteiger partial charge in [-0.15, -0.1) is 10.2 Å². The minimum atomic E-state index is -0.0660. The number of carbonyl (C=O) groups excluding carboxylic acids is 2. The molecule has 0 atom stereocenters. The van der Waals surface area contributed by atoms with E-state index in [2.05, 4.69) is 103 Å². The number of unbranched alkanes of at least 4 members (excludes halogenated alkanes) is 2. The number of hydrogen-bond acceptors (Lipinski definition) is 10. The van der Waals surface area contributed by atoms with E-state index >= 15 is 0 Å². The lowest BCUT2D eigenvalue weighted by Crippen LogP contribution is -2.27. The number of nitrogens with one attached hydrogen (secondary N) is 2. The smallest absolute Gasteiger partial charge is 0.253 e. The lowest BCUT2D eigenvalue weighted by molar-refractivity contribution is -0.119. The van der Waals surface area contributed by atoms with Gasteiger partial charge in [-0.2, -0.15) is 9.97 Å². The Labute approximate surface area is 318 Å². The molecule has 2 aromatic carbocycles. The molecule has 0 saturated carbocycles. The highest BCUT2D eigenvalue weighted by Gasteiger charge is 2.17. The summed E-state index contributed by atoms with van der Waals surface area (Å²) < 4.78 is 3.54. The van der Waals surface area contributed by atoms with Crippen molar-refractivity contribution >= 4 is 46.9 Å². The van der Waals surface area contributed by atoms with Gasteiger partial charge in [0, 0.05) is 48.7 Å². The number of aryl methyl sites for hydroxylation is 6. The normalized spacial score (nSPS) is 11.4. The summed E-state index contributed by atoms with van der Waals surface area (Å²) in [6.07, 6.45) is 4.07. The molecule has 0 saturated heterocycles. The number of amides is 2. The Balaban J connectivity index is 0.869. The van der Waals surface area contributed by atoms with Crippen LogP contribution in [0.3, 0.4) is 0 Å². The number of carbonyl (C=O) groups is 2. The average Bonchev–Trinajstić information content (AvgIpc) is 3.75. The fourth-order valence-corrected chi connectivity index (χ4v) is 7.37. The lowest BCUT2D eigenvalue weighted by atomic mass is 10.0. The maximum Gasteiger partial charge on any atom is 0.253 e. The van der Waals surface area contributed by atoms with E-state index in [9.17, 15) is 9.59 Å². The van der Waals surface area contributed by atoms with Crippen LogP contribution in [-0.4, -0.2) is 75.6 Å². The molecule has 0 bridgehead atoms. The molecule has 4 heterocycles. The van der Waals surface area contributed by atoms with Crippen LogP contribution in [0.2, 0.25) is 0 Å². The fourth-order valence-electron chi connectivity index (χ4n) is 6.08. The third-order valence-electron chi connectivity index (χ3n) is 9.22. The number of thioether (sulfide) groups is 2. The van der Waals surface area contributed by atoms with Crippen LogP contribution in [0.15, 0.2) is 58.8 Å². The summed E-state index contributed by atoms with van der Waals surface area (Å²) in [5, 5.41) is 16.3. The van der Waals surface area contributed by atoms with E-state index in [1.807, 2.05) is 27.7 Å². The Morgan fingerprint density at radius 2 is 0.962 bits per heavy atom. The zero-order valence-electron chi connectivity index (χ0n) is 31.2. The second kappa shape index (κ2) is 17.3. The predicted molar refractivity (Wildman–Crippen MR) is 210 cm³/mol. The van der Waals surface area contributed by atoms with Crippen molar-refractivity contribution in [1.82, 2.24) is 49.8 Å². The first-order valence-corrected chi connectivity index (χ1v) is 19.9. The number of nitrogens with zero attached hydrogens (tertiary/aromatic N) is 8. The summed E-state index contributed by atoms with van der Waals surface area (Å²) in [5.74, 6) is 1.40. The predicted octanol–water partition coefficient (Wildman–Crippen LogP) is 5.88. The number of fused-ring (bicyclic) bond motifs is 2. The summed E-state index contributed by atoms with van der Waals surface area (Å²) in [6.45, 7) is 13.4. The lowest BCUT2D eigenvalue weighted by Gasteiger charge is -2.10. The second-order valence-corrected chi connectivity index (χ2v) is 15.3. The van der Waals surface area contributed by atoms with Crippen molar-refractivity contribution in [2.45, 2.75) is 84.0 Å². The molecule has 0 aliphatic heterocycles. The molecule has 0 spiro atoms. The molecule has 2 N–H and O–H groups in total. The quantitative estimate of drug-likeness (QED) is 0.0909. The number of benzene rings is 2. The van der Waals surface area contributed by atoms with Gasteiger partial charge in [-0.1, -0.05) is 83.2 Å². The number of aromatic nitrogens is 8. The van der Waals surface area contributed by atoms with E-state index < -0.39 is 0 Å². The SMILES string of the molecule is Cc1ccc(Cc2c(C)nc3nc(SCC(=O)NCCCCCNC(=O)CSc4nc5nc(C)c(Cc6ccc(C)cc6)c(C)n5n4)nn3c2C)cc1. The van der Waals surface area contributed by atoms with Crippen LogP contribution in [0.5, 0.6) is 0 Å². The van der Waals surface area contributed by atoms with Gasteiger partial charge in [0.2, 0.25) is 22.1 Å². The van der Waals surface area contributed by atoms with Gasteiger partial charge < -0.3 is 10.6 Å². The highest BCUT2D eigenvalue weighted by atomic mass is 32.2. The molecule has 12 nitrogen and oxygen atoms in total. The van der Waals surface area contributed by atoms with E-state index in [0.717, 1.165) is 66.0 Å². The molecule has 276 valence electrons. The van der Waals surface area contributed by atoms with E-state index in [-0.39, 0.29) is 23.3 Å². The summed E-state index contributed by atoms with van der Waals surface area (Å²) in [4.78, 5) is 43.5. The molecule has 6 aromatic rings. The maximum atomic E-state index is 12.5. The maximum absolute atomic E-state index is 12.5. The topological polar surface area (TPSA) is 144 Å². The van der Waals surface area contributed by atoms with Crippen LogP contribution < -0.4 is 10.6 Å². The van der Waals surface area contributed by atoms with Gasteiger partial charge in [-0.05, 0) is 83.1 Å². The molecule has 0 aliphatic rings. The van der Waals surface area contributed by atoms with Gasteiger partial charge in [-0.25, -0.2) is 19.0 Å². The Morgan fingerprint density at radius 3 is 1.36 bits per heavy atom. The van der Waals surface area contributed by atoms with E-state index in [4.69, 9.17) is 0 Å². The van der Waals surface area contributed by atoms with Crippen molar-refractivity contribution in [1.29, 1.82) is 0 Å². The molecule has 2 amide bonds. The molecule has 4 aromatic heterocycles. The second-order valence-electron chi connectivity index (χ2n) is 13.4. The van der Waals surface area contributed by atoms with Gasteiger partial charge >= 0.3 is 0 Å². The molecule has 0 fully saturated rings. The average molecular weight is 751 g/mol. The Kier molecular flexibility index (Phi) is 12.4. The molecule has 53 heavy (non-hydrogen) atoms. The summed E-state index contributed by atoms with van der Waals surface area (Å²) in [7, 11) is 0. The molecular formula is C39H46N10O2S2. The zero-order chi connectivity index (χ0) is 37.5. The first-order valence-electron chi connectivity index (χ1n) is 17.9. The van der Waals surface area contributed by atoms with Crippen LogP contribution in [-0.2, 0) is 22.4 Å².